The predicted octanol–water partition coefficient (Wildman–Crippen LogP) is 4.12. The highest BCUT2D eigenvalue weighted by Gasteiger charge is 2.18. The molecule has 0 aliphatic heterocycles. The Morgan fingerprint density at radius 1 is 1.08 bits per heavy atom. The van der Waals surface area contributed by atoms with E-state index < -0.39 is 0 Å². The molecule has 1 N–H and O–H groups in total. The fourth-order valence-corrected chi connectivity index (χ4v) is 3.02. The lowest BCUT2D eigenvalue weighted by Crippen LogP contribution is -2.35. The molecule has 1 aliphatic rings. The molecule has 1 aromatic carbocycles. The van der Waals surface area contributed by atoms with E-state index in [2.05, 4.69) is 5.32 Å². The molecular formula is C20H23NO4. The van der Waals surface area contributed by atoms with Gasteiger partial charge in [-0.3, -0.25) is 9.59 Å². The number of furan rings is 1. The number of hydrogen-bond donors (Lipinski definition) is 1. The quantitative estimate of drug-likeness (QED) is 0.802. The van der Waals surface area contributed by atoms with Crippen LogP contribution in [0, 0.1) is 0 Å². The zero-order chi connectivity index (χ0) is 17.6. The number of carbonyl (C=O) groups is 2. The minimum Gasteiger partial charge on any atom is -0.486 e. The molecular weight excluding hydrogens is 318 g/mol. The van der Waals surface area contributed by atoms with Gasteiger partial charge in [0, 0.05) is 11.6 Å². The first-order valence-corrected chi connectivity index (χ1v) is 8.75. The number of benzene rings is 1. The van der Waals surface area contributed by atoms with Crippen molar-refractivity contribution in [3.8, 4) is 5.75 Å². The average Bonchev–Trinajstić information content (AvgIpc) is 3.10. The number of nitrogens with one attached hydrogen (secondary N) is 1. The summed E-state index contributed by atoms with van der Waals surface area (Å²) < 4.78 is 11.2. The third-order valence-corrected chi connectivity index (χ3v) is 4.47. The monoisotopic (exact) mass is 341 g/mol. The van der Waals surface area contributed by atoms with Crippen molar-refractivity contribution in [3.05, 3.63) is 53.5 Å². The van der Waals surface area contributed by atoms with Crippen molar-refractivity contribution in [1.29, 1.82) is 0 Å². The minimum absolute atomic E-state index is 0.0196. The summed E-state index contributed by atoms with van der Waals surface area (Å²) >= 11 is 0. The SMILES string of the molecule is CC(=O)c1ccc(OCc2ccc(C(=O)NC3CCCCC3)o2)cc1. The Morgan fingerprint density at radius 3 is 2.48 bits per heavy atom. The second-order valence-corrected chi connectivity index (χ2v) is 6.44. The van der Waals surface area contributed by atoms with Crippen LogP contribution >= 0.6 is 0 Å². The maximum absolute atomic E-state index is 12.2. The largest absolute Gasteiger partial charge is 0.486 e. The fraction of sp³-hybridized carbons (Fsp3) is 0.400. The van der Waals surface area contributed by atoms with Crippen LogP contribution in [-0.2, 0) is 6.61 Å². The van der Waals surface area contributed by atoms with Crippen LogP contribution in [0.3, 0.4) is 0 Å². The molecule has 0 radical (unpaired) electrons. The van der Waals surface area contributed by atoms with Gasteiger partial charge >= 0.3 is 0 Å². The summed E-state index contributed by atoms with van der Waals surface area (Å²) in [6.07, 6.45) is 5.68. The highest BCUT2D eigenvalue weighted by atomic mass is 16.5. The Kier molecular flexibility index (Phi) is 5.53. The van der Waals surface area contributed by atoms with Crippen LogP contribution in [0.1, 0.15) is 65.7 Å². The lowest BCUT2D eigenvalue weighted by Gasteiger charge is -2.22. The Morgan fingerprint density at radius 2 is 1.80 bits per heavy atom. The Bertz CT molecular complexity index is 726. The standard InChI is InChI=1S/C20H23NO4/c1-14(22)15-7-9-17(10-8-15)24-13-18-11-12-19(25-18)20(23)21-16-5-3-2-4-6-16/h7-12,16H,2-6,13H2,1H3,(H,21,23). The Labute approximate surface area is 147 Å². The highest BCUT2D eigenvalue weighted by Crippen LogP contribution is 2.19. The van der Waals surface area contributed by atoms with Crippen molar-refractivity contribution in [2.75, 3.05) is 0 Å². The molecule has 1 aliphatic carbocycles. The van der Waals surface area contributed by atoms with Crippen molar-refractivity contribution in [3.63, 3.8) is 0 Å². The van der Waals surface area contributed by atoms with Crippen LogP contribution in [0.2, 0.25) is 0 Å². The normalized spacial score (nSPS) is 14.9. The number of Topliss-reactive ketones (excluding diaryl/α,β-unsaturated/α-hetero) is 1. The first-order valence-electron chi connectivity index (χ1n) is 8.75. The summed E-state index contributed by atoms with van der Waals surface area (Å²) in [5, 5.41) is 3.03. The zero-order valence-corrected chi connectivity index (χ0v) is 14.4. The smallest absolute Gasteiger partial charge is 0.287 e. The van der Waals surface area contributed by atoms with Gasteiger partial charge in [-0.25, -0.2) is 0 Å². The molecule has 0 atom stereocenters. The molecule has 1 aromatic heterocycles. The molecule has 1 amide bonds. The summed E-state index contributed by atoms with van der Waals surface area (Å²) in [6.45, 7) is 1.76. The zero-order valence-electron chi connectivity index (χ0n) is 14.4. The minimum atomic E-state index is -0.163. The molecule has 2 aromatic rings. The van der Waals surface area contributed by atoms with E-state index in [0.717, 1.165) is 12.8 Å². The summed E-state index contributed by atoms with van der Waals surface area (Å²) in [6, 6.07) is 10.6. The molecule has 3 rings (SSSR count). The number of rotatable bonds is 6. The van der Waals surface area contributed by atoms with Crippen LogP contribution in [0.15, 0.2) is 40.8 Å². The van der Waals surface area contributed by atoms with Crippen LogP contribution in [0.4, 0.5) is 0 Å². The van der Waals surface area contributed by atoms with Gasteiger partial charge in [0.25, 0.3) is 5.91 Å². The topological polar surface area (TPSA) is 68.5 Å². The van der Waals surface area contributed by atoms with Crippen LogP contribution in [0.5, 0.6) is 5.75 Å². The van der Waals surface area contributed by atoms with Crippen molar-refractivity contribution in [2.24, 2.45) is 0 Å². The van der Waals surface area contributed by atoms with Gasteiger partial charge in [0.05, 0.1) is 0 Å². The summed E-state index contributed by atoms with van der Waals surface area (Å²) in [5.74, 6) is 1.41. The first-order chi connectivity index (χ1) is 12.1. The molecule has 1 heterocycles. The summed E-state index contributed by atoms with van der Waals surface area (Å²) in [4.78, 5) is 23.5. The molecule has 25 heavy (non-hydrogen) atoms. The van der Waals surface area contributed by atoms with E-state index in [1.165, 1.54) is 26.2 Å². The molecule has 1 fully saturated rings. The van der Waals surface area contributed by atoms with E-state index in [4.69, 9.17) is 9.15 Å². The van der Waals surface area contributed by atoms with E-state index in [0.29, 0.717) is 22.8 Å². The average molecular weight is 341 g/mol. The maximum Gasteiger partial charge on any atom is 0.287 e. The van der Waals surface area contributed by atoms with Gasteiger partial charge in [-0.2, -0.15) is 0 Å². The molecule has 0 bridgehead atoms. The Hall–Kier alpha value is -2.56. The molecule has 0 spiro atoms. The van der Waals surface area contributed by atoms with Crippen molar-refractivity contribution in [1.82, 2.24) is 5.32 Å². The van der Waals surface area contributed by atoms with E-state index in [1.54, 1.807) is 36.4 Å². The summed E-state index contributed by atoms with van der Waals surface area (Å²) in [7, 11) is 0. The summed E-state index contributed by atoms with van der Waals surface area (Å²) in [5.41, 5.74) is 0.645. The predicted molar refractivity (Wildman–Crippen MR) is 93.8 cm³/mol. The number of hydrogen-bond acceptors (Lipinski definition) is 4. The first kappa shape index (κ1) is 17.3. The lowest BCUT2D eigenvalue weighted by atomic mass is 9.95. The van der Waals surface area contributed by atoms with Gasteiger partial charge < -0.3 is 14.5 Å². The second kappa shape index (κ2) is 8.01. The Balaban J connectivity index is 1.52. The number of amides is 1. The van der Waals surface area contributed by atoms with Crippen molar-refractivity contribution in [2.45, 2.75) is 51.7 Å². The second-order valence-electron chi connectivity index (χ2n) is 6.44. The van der Waals surface area contributed by atoms with Gasteiger partial charge in [0.1, 0.15) is 18.1 Å². The number of ether oxygens (including phenoxy) is 1. The van der Waals surface area contributed by atoms with Gasteiger partial charge in [0.2, 0.25) is 0 Å². The molecule has 5 nitrogen and oxygen atoms in total. The van der Waals surface area contributed by atoms with Gasteiger partial charge in [-0.15, -0.1) is 0 Å². The van der Waals surface area contributed by atoms with Gasteiger partial charge in [-0.05, 0) is 56.2 Å². The van der Waals surface area contributed by atoms with E-state index in [1.807, 2.05) is 0 Å². The third-order valence-electron chi connectivity index (χ3n) is 4.47. The lowest BCUT2D eigenvalue weighted by molar-refractivity contribution is 0.0895. The van der Waals surface area contributed by atoms with E-state index in [-0.39, 0.29) is 24.3 Å². The van der Waals surface area contributed by atoms with Crippen molar-refractivity contribution < 1.29 is 18.7 Å². The van der Waals surface area contributed by atoms with Gasteiger partial charge in [0.15, 0.2) is 11.5 Å². The van der Waals surface area contributed by atoms with E-state index in [9.17, 15) is 9.59 Å². The highest BCUT2D eigenvalue weighted by molar-refractivity contribution is 5.94. The molecule has 0 saturated heterocycles. The number of carbonyl (C=O) groups excluding carboxylic acids is 2. The van der Waals surface area contributed by atoms with Crippen molar-refractivity contribution >= 4 is 11.7 Å². The molecule has 0 unspecified atom stereocenters. The van der Waals surface area contributed by atoms with Gasteiger partial charge in [-0.1, -0.05) is 19.3 Å². The fourth-order valence-electron chi connectivity index (χ4n) is 3.02. The van der Waals surface area contributed by atoms with Crippen LogP contribution in [-0.4, -0.2) is 17.7 Å². The van der Waals surface area contributed by atoms with Crippen LogP contribution in [0.25, 0.3) is 0 Å². The van der Waals surface area contributed by atoms with Crippen LogP contribution < -0.4 is 10.1 Å². The third kappa shape index (κ3) is 4.72. The molecule has 1 saturated carbocycles. The molecule has 5 heteroatoms. The number of ketones is 1. The molecule has 132 valence electrons. The maximum atomic E-state index is 12.2. The van der Waals surface area contributed by atoms with E-state index >= 15 is 0 Å².